The maximum Gasteiger partial charge on any atom is 0.243 e. The van der Waals surface area contributed by atoms with E-state index in [4.69, 9.17) is 15.6 Å². The highest BCUT2D eigenvalue weighted by molar-refractivity contribution is 7.89. The Morgan fingerprint density at radius 3 is 2.63 bits per heavy atom. The van der Waals surface area contributed by atoms with Crippen LogP contribution in [-0.2, 0) is 14.8 Å². The van der Waals surface area contributed by atoms with Crippen molar-refractivity contribution in [3.8, 4) is 0 Å². The number of nitrogens with zero attached hydrogens (tertiary/aromatic N) is 1. The van der Waals surface area contributed by atoms with Crippen molar-refractivity contribution in [2.24, 2.45) is 0 Å². The van der Waals surface area contributed by atoms with E-state index in [2.05, 4.69) is 0 Å². The van der Waals surface area contributed by atoms with Crippen molar-refractivity contribution in [1.29, 1.82) is 0 Å². The molecular formula is C11H17FN2O4S. The molecule has 0 fully saturated rings. The Bertz CT molecular complexity index is 521. The van der Waals surface area contributed by atoms with Crippen LogP contribution in [0, 0.1) is 5.82 Å². The molecule has 8 heteroatoms. The molecule has 108 valence electrons. The molecule has 1 rings (SSSR count). The smallest absolute Gasteiger partial charge is 0.243 e. The van der Waals surface area contributed by atoms with Crippen LogP contribution in [0.15, 0.2) is 23.1 Å². The number of benzene rings is 1. The van der Waals surface area contributed by atoms with E-state index < -0.39 is 15.8 Å². The normalized spacial score (nSPS) is 12.0. The zero-order chi connectivity index (χ0) is 14.5. The summed E-state index contributed by atoms with van der Waals surface area (Å²) >= 11 is 0. The predicted molar refractivity (Wildman–Crippen MR) is 68.5 cm³/mol. The van der Waals surface area contributed by atoms with Crippen LogP contribution in [0.1, 0.15) is 0 Å². The number of hydrogen-bond acceptors (Lipinski definition) is 5. The molecule has 0 atom stereocenters. The van der Waals surface area contributed by atoms with Crippen molar-refractivity contribution in [2.75, 3.05) is 39.1 Å². The van der Waals surface area contributed by atoms with Gasteiger partial charge in [0.1, 0.15) is 5.82 Å². The molecule has 0 aliphatic rings. The first-order valence-corrected chi connectivity index (χ1v) is 7.02. The quantitative estimate of drug-likeness (QED) is 0.692. The lowest BCUT2D eigenvalue weighted by molar-refractivity contribution is 0.168. The van der Waals surface area contributed by atoms with Gasteiger partial charge < -0.3 is 15.6 Å². The second-order valence-corrected chi connectivity index (χ2v) is 5.74. The van der Waals surface area contributed by atoms with Gasteiger partial charge in [0.15, 0.2) is 0 Å². The summed E-state index contributed by atoms with van der Waals surface area (Å²) in [4.78, 5) is -0.205. The Morgan fingerprint density at radius 2 is 2.11 bits per heavy atom. The molecular weight excluding hydrogens is 275 g/mol. The van der Waals surface area contributed by atoms with Gasteiger partial charge >= 0.3 is 0 Å². The van der Waals surface area contributed by atoms with Gasteiger partial charge in [-0.1, -0.05) is 0 Å². The Kier molecular flexibility index (Phi) is 5.67. The van der Waals surface area contributed by atoms with E-state index in [1.165, 1.54) is 19.2 Å². The molecule has 0 bridgehead atoms. The Balaban J connectivity index is 3.07. The Morgan fingerprint density at radius 1 is 1.42 bits per heavy atom. The zero-order valence-electron chi connectivity index (χ0n) is 10.5. The van der Waals surface area contributed by atoms with Gasteiger partial charge in [0, 0.05) is 20.2 Å². The van der Waals surface area contributed by atoms with Gasteiger partial charge in [0.05, 0.1) is 23.8 Å². The maximum absolute atomic E-state index is 13.3. The average Bonchev–Trinajstić information content (AvgIpc) is 2.37. The largest absolute Gasteiger partial charge is 0.396 e. The fraction of sp³-hybridized carbons (Fsp3) is 0.455. The molecule has 0 amide bonds. The molecule has 0 aromatic heterocycles. The summed E-state index contributed by atoms with van der Waals surface area (Å²) in [5.74, 6) is -0.795. The molecule has 0 saturated heterocycles. The van der Waals surface area contributed by atoms with Gasteiger partial charge in [-0.2, -0.15) is 4.31 Å². The fourth-order valence-corrected chi connectivity index (χ4v) is 2.90. The van der Waals surface area contributed by atoms with Gasteiger partial charge in [-0.3, -0.25) is 0 Å². The van der Waals surface area contributed by atoms with E-state index in [1.54, 1.807) is 0 Å². The first kappa shape index (κ1) is 15.8. The SMILES string of the molecule is COCCN(CCO)S(=O)(=O)c1ccc(N)c(F)c1. The van der Waals surface area contributed by atoms with Crippen molar-refractivity contribution in [2.45, 2.75) is 4.90 Å². The number of halogens is 1. The van der Waals surface area contributed by atoms with Crippen LogP contribution in [0.4, 0.5) is 10.1 Å². The van der Waals surface area contributed by atoms with Crippen molar-refractivity contribution in [3.05, 3.63) is 24.0 Å². The summed E-state index contributed by atoms with van der Waals surface area (Å²) < 4.78 is 43.7. The van der Waals surface area contributed by atoms with E-state index in [0.29, 0.717) is 0 Å². The standard InChI is InChI=1S/C11H17FN2O4S/c1-18-7-5-14(4-6-15)19(16,17)9-2-3-11(13)10(12)8-9/h2-3,8,15H,4-7,13H2,1H3. The molecule has 1 aromatic carbocycles. The summed E-state index contributed by atoms with van der Waals surface area (Å²) in [5, 5.41) is 8.90. The molecule has 0 spiro atoms. The first-order valence-electron chi connectivity index (χ1n) is 5.58. The molecule has 0 saturated carbocycles. The molecule has 1 aromatic rings. The van der Waals surface area contributed by atoms with Crippen LogP contribution in [0.25, 0.3) is 0 Å². The third-order valence-corrected chi connectivity index (χ3v) is 4.40. The van der Waals surface area contributed by atoms with E-state index in [1.807, 2.05) is 0 Å². The number of methoxy groups -OCH3 is 1. The number of hydrogen-bond donors (Lipinski definition) is 2. The minimum Gasteiger partial charge on any atom is -0.396 e. The molecule has 3 N–H and O–H groups in total. The van der Waals surface area contributed by atoms with Gasteiger partial charge in [0.25, 0.3) is 0 Å². The topological polar surface area (TPSA) is 92.9 Å². The number of nitrogen functional groups attached to an aromatic ring is 1. The molecule has 0 aliphatic carbocycles. The van der Waals surface area contributed by atoms with Gasteiger partial charge in [-0.15, -0.1) is 0 Å². The molecule has 0 aliphatic heterocycles. The number of ether oxygens (including phenoxy) is 1. The molecule has 0 heterocycles. The maximum atomic E-state index is 13.3. The summed E-state index contributed by atoms with van der Waals surface area (Å²) in [6.45, 7) is -0.167. The number of aliphatic hydroxyl groups is 1. The van der Waals surface area contributed by atoms with E-state index in [0.717, 1.165) is 10.4 Å². The van der Waals surface area contributed by atoms with Crippen molar-refractivity contribution < 1.29 is 22.7 Å². The van der Waals surface area contributed by atoms with Crippen molar-refractivity contribution in [1.82, 2.24) is 4.31 Å². The summed E-state index contributed by atoms with van der Waals surface area (Å²) in [6, 6.07) is 3.28. The lowest BCUT2D eigenvalue weighted by atomic mass is 10.3. The number of sulfonamides is 1. The van der Waals surface area contributed by atoms with E-state index >= 15 is 0 Å². The predicted octanol–water partition coefficient (Wildman–Crippen LogP) is 0.0373. The summed E-state index contributed by atoms with van der Waals surface area (Å²) in [6.07, 6.45) is 0. The van der Waals surface area contributed by atoms with E-state index in [-0.39, 0.29) is 36.9 Å². The van der Waals surface area contributed by atoms with Crippen LogP contribution >= 0.6 is 0 Å². The molecule has 0 radical (unpaired) electrons. The minimum atomic E-state index is -3.88. The van der Waals surface area contributed by atoms with Crippen LogP contribution in [0.5, 0.6) is 0 Å². The number of aliphatic hydroxyl groups excluding tert-OH is 1. The van der Waals surface area contributed by atoms with E-state index in [9.17, 15) is 12.8 Å². The van der Waals surface area contributed by atoms with Gasteiger partial charge in [0.2, 0.25) is 10.0 Å². The van der Waals surface area contributed by atoms with Crippen LogP contribution in [0.3, 0.4) is 0 Å². The average molecular weight is 292 g/mol. The third-order valence-electron chi connectivity index (χ3n) is 2.50. The van der Waals surface area contributed by atoms with Crippen molar-refractivity contribution >= 4 is 15.7 Å². The second kappa shape index (κ2) is 6.80. The summed E-state index contributed by atoms with van der Waals surface area (Å²) in [7, 11) is -2.44. The highest BCUT2D eigenvalue weighted by Crippen LogP contribution is 2.19. The van der Waals surface area contributed by atoms with Crippen LogP contribution in [0.2, 0.25) is 0 Å². The number of nitrogens with two attached hydrogens (primary N) is 1. The molecule has 0 unspecified atom stereocenters. The lowest BCUT2D eigenvalue weighted by Gasteiger charge is -2.21. The fourth-order valence-electron chi connectivity index (χ4n) is 1.47. The minimum absolute atomic E-state index is 0.0748. The first-order chi connectivity index (χ1) is 8.93. The van der Waals surface area contributed by atoms with Gasteiger partial charge in [-0.05, 0) is 18.2 Å². The van der Waals surface area contributed by atoms with Crippen LogP contribution < -0.4 is 5.73 Å². The third kappa shape index (κ3) is 3.87. The number of rotatable bonds is 7. The summed E-state index contributed by atoms with van der Waals surface area (Å²) in [5.41, 5.74) is 5.18. The lowest BCUT2D eigenvalue weighted by Crippen LogP contribution is -2.36. The zero-order valence-corrected chi connectivity index (χ0v) is 11.4. The Hall–Kier alpha value is -1.22. The highest BCUT2D eigenvalue weighted by Gasteiger charge is 2.24. The van der Waals surface area contributed by atoms with Crippen LogP contribution in [-0.4, -0.2) is 51.2 Å². The molecule has 6 nitrogen and oxygen atoms in total. The highest BCUT2D eigenvalue weighted by atomic mass is 32.2. The Labute approximate surface area is 111 Å². The second-order valence-electron chi connectivity index (χ2n) is 3.80. The monoisotopic (exact) mass is 292 g/mol. The van der Waals surface area contributed by atoms with Crippen molar-refractivity contribution in [3.63, 3.8) is 0 Å². The number of anilines is 1. The van der Waals surface area contributed by atoms with Gasteiger partial charge in [-0.25, -0.2) is 12.8 Å². The molecule has 19 heavy (non-hydrogen) atoms.